The van der Waals surface area contributed by atoms with Crippen molar-refractivity contribution in [2.75, 3.05) is 25.0 Å². The third-order valence-electron chi connectivity index (χ3n) is 2.93. The summed E-state index contributed by atoms with van der Waals surface area (Å²) in [7, 11) is 0. The van der Waals surface area contributed by atoms with Gasteiger partial charge in [0.25, 0.3) is 0 Å². The molecule has 6 heteroatoms. The van der Waals surface area contributed by atoms with Gasteiger partial charge in [0.15, 0.2) is 0 Å². The molecule has 2 N–H and O–H groups in total. The number of rotatable bonds is 5. The zero-order valence-electron chi connectivity index (χ0n) is 10.0. The van der Waals surface area contributed by atoms with E-state index in [4.69, 9.17) is 5.11 Å². The molecular weight excluding hydrogens is 252 g/mol. The van der Waals surface area contributed by atoms with Gasteiger partial charge >= 0.3 is 5.97 Å². The van der Waals surface area contributed by atoms with Crippen LogP contribution in [-0.4, -0.2) is 41.5 Å². The van der Waals surface area contributed by atoms with Crippen molar-refractivity contribution in [3.63, 3.8) is 0 Å². The van der Waals surface area contributed by atoms with Gasteiger partial charge in [0.1, 0.15) is 4.88 Å². The van der Waals surface area contributed by atoms with Crippen LogP contribution in [0.5, 0.6) is 0 Å². The van der Waals surface area contributed by atoms with E-state index in [0.29, 0.717) is 11.4 Å². The van der Waals surface area contributed by atoms with Gasteiger partial charge in [-0.15, -0.1) is 11.3 Å². The highest BCUT2D eigenvalue weighted by Gasteiger charge is 2.13. The Morgan fingerprint density at radius 1 is 1.33 bits per heavy atom. The number of likely N-dealkylation sites (tertiary alicyclic amines) is 1. The highest BCUT2D eigenvalue weighted by atomic mass is 32.1. The third-order valence-corrected chi connectivity index (χ3v) is 3.92. The van der Waals surface area contributed by atoms with Crippen molar-refractivity contribution >= 4 is 28.2 Å². The van der Waals surface area contributed by atoms with Crippen LogP contribution in [0.1, 0.15) is 28.9 Å². The van der Waals surface area contributed by atoms with Crippen LogP contribution in [0.25, 0.3) is 0 Å². The van der Waals surface area contributed by atoms with Crippen LogP contribution in [0, 0.1) is 0 Å². The van der Waals surface area contributed by atoms with Crippen molar-refractivity contribution in [1.82, 2.24) is 4.90 Å². The van der Waals surface area contributed by atoms with Crippen molar-refractivity contribution in [3.8, 4) is 0 Å². The summed E-state index contributed by atoms with van der Waals surface area (Å²) in [5.74, 6) is -1.02. The van der Waals surface area contributed by atoms with E-state index in [0.717, 1.165) is 31.0 Å². The van der Waals surface area contributed by atoms with Gasteiger partial charge in [0.05, 0.1) is 5.00 Å². The molecule has 1 fully saturated rings. The number of nitrogens with one attached hydrogen (secondary N) is 1. The number of aromatic carboxylic acids is 1. The average molecular weight is 268 g/mol. The number of hydrogen-bond acceptors (Lipinski definition) is 4. The van der Waals surface area contributed by atoms with E-state index in [1.54, 1.807) is 6.07 Å². The van der Waals surface area contributed by atoms with Gasteiger partial charge in [-0.2, -0.15) is 0 Å². The van der Waals surface area contributed by atoms with Gasteiger partial charge in [0.2, 0.25) is 5.91 Å². The summed E-state index contributed by atoms with van der Waals surface area (Å²) in [5, 5.41) is 12.1. The van der Waals surface area contributed by atoms with Gasteiger partial charge in [-0.1, -0.05) is 0 Å². The Balaban J connectivity index is 1.77. The van der Waals surface area contributed by atoms with E-state index in [1.165, 1.54) is 18.9 Å². The van der Waals surface area contributed by atoms with Gasteiger partial charge in [-0.3, -0.25) is 4.79 Å². The predicted octanol–water partition coefficient (Wildman–Crippen LogP) is 1.87. The van der Waals surface area contributed by atoms with E-state index in [1.807, 2.05) is 0 Å². The lowest BCUT2D eigenvalue weighted by Crippen LogP contribution is -2.24. The average Bonchev–Trinajstić information content (AvgIpc) is 2.96. The molecule has 1 aromatic heterocycles. The molecule has 0 bridgehead atoms. The molecule has 0 aromatic carbocycles. The molecule has 1 aromatic rings. The van der Waals surface area contributed by atoms with Crippen LogP contribution in [-0.2, 0) is 4.79 Å². The largest absolute Gasteiger partial charge is 0.477 e. The second-order valence-electron chi connectivity index (χ2n) is 4.32. The summed E-state index contributed by atoms with van der Waals surface area (Å²) in [5.41, 5.74) is 0. The topological polar surface area (TPSA) is 69.6 Å². The second-order valence-corrected chi connectivity index (χ2v) is 5.40. The molecule has 2 rings (SSSR count). The minimum absolute atomic E-state index is 0.0549. The van der Waals surface area contributed by atoms with E-state index < -0.39 is 5.97 Å². The van der Waals surface area contributed by atoms with E-state index in [-0.39, 0.29) is 10.8 Å². The first kappa shape index (κ1) is 13.0. The Bertz CT molecular complexity index is 438. The number of carbonyl (C=O) groups excluding carboxylic acids is 1. The van der Waals surface area contributed by atoms with E-state index in [9.17, 15) is 9.59 Å². The van der Waals surface area contributed by atoms with Crippen molar-refractivity contribution in [3.05, 3.63) is 17.0 Å². The number of carbonyl (C=O) groups is 2. The molecule has 5 nitrogen and oxygen atoms in total. The molecule has 0 saturated carbocycles. The highest BCUT2D eigenvalue weighted by molar-refractivity contribution is 7.18. The fourth-order valence-electron chi connectivity index (χ4n) is 1.99. The van der Waals surface area contributed by atoms with Gasteiger partial charge < -0.3 is 15.3 Å². The SMILES string of the molecule is O=C(CCN1CCCC1)Nc1ccc(C(=O)O)s1. The Kier molecular flexibility index (Phi) is 4.33. The summed E-state index contributed by atoms with van der Waals surface area (Å²) in [4.78, 5) is 24.9. The molecule has 0 radical (unpaired) electrons. The summed E-state index contributed by atoms with van der Waals surface area (Å²) in [6, 6.07) is 3.13. The molecule has 2 heterocycles. The Morgan fingerprint density at radius 2 is 2.06 bits per heavy atom. The van der Waals surface area contributed by atoms with Crippen molar-refractivity contribution in [1.29, 1.82) is 0 Å². The van der Waals surface area contributed by atoms with Crippen molar-refractivity contribution < 1.29 is 14.7 Å². The highest BCUT2D eigenvalue weighted by Crippen LogP contribution is 2.21. The zero-order valence-corrected chi connectivity index (χ0v) is 10.8. The van der Waals surface area contributed by atoms with Crippen LogP contribution < -0.4 is 5.32 Å². The van der Waals surface area contributed by atoms with Gasteiger partial charge in [-0.25, -0.2) is 4.79 Å². The van der Waals surface area contributed by atoms with Crippen LogP contribution in [0.4, 0.5) is 5.00 Å². The third kappa shape index (κ3) is 3.54. The molecule has 1 saturated heterocycles. The maximum Gasteiger partial charge on any atom is 0.345 e. The maximum atomic E-state index is 11.7. The zero-order chi connectivity index (χ0) is 13.0. The number of nitrogens with zero attached hydrogens (tertiary/aromatic N) is 1. The summed E-state index contributed by atoms with van der Waals surface area (Å²) < 4.78 is 0. The fourth-order valence-corrected chi connectivity index (χ4v) is 2.75. The lowest BCUT2D eigenvalue weighted by Gasteiger charge is -2.13. The number of carboxylic acid groups (broad SMARTS) is 1. The van der Waals surface area contributed by atoms with Crippen LogP contribution >= 0.6 is 11.3 Å². The summed E-state index contributed by atoms with van der Waals surface area (Å²) >= 11 is 1.08. The Morgan fingerprint density at radius 3 is 2.67 bits per heavy atom. The van der Waals surface area contributed by atoms with Crippen LogP contribution in [0.3, 0.4) is 0 Å². The number of hydrogen-bond donors (Lipinski definition) is 2. The number of anilines is 1. The molecule has 1 aliphatic rings. The molecule has 0 unspecified atom stereocenters. The summed E-state index contributed by atoms with van der Waals surface area (Å²) in [6.45, 7) is 2.94. The van der Waals surface area contributed by atoms with Crippen LogP contribution in [0.2, 0.25) is 0 Å². The Labute approximate surface area is 109 Å². The van der Waals surface area contributed by atoms with Gasteiger partial charge in [0, 0.05) is 13.0 Å². The van der Waals surface area contributed by atoms with Crippen LogP contribution in [0.15, 0.2) is 12.1 Å². The van der Waals surface area contributed by atoms with E-state index >= 15 is 0 Å². The molecule has 0 aliphatic carbocycles. The molecule has 98 valence electrons. The molecule has 0 atom stereocenters. The summed E-state index contributed by atoms with van der Waals surface area (Å²) in [6.07, 6.45) is 2.89. The number of carboxylic acids is 1. The second kappa shape index (κ2) is 5.97. The molecule has 18 heavy (non-hydrogen) atoms. The molecule has 1 amide bonds. The number of amides is 1. The first-order chi connectivity index (χ1) is 8.65. The molecule has 1 aliphatic heterocycles. The first-order valence-electron chi connectivity index (χ1n) is 6.00. The molecular formula is C12H16N2O3S. The monoisotopic (exact) mass is 268 g/mol. The maximum absolute atomic E-state index is 11.7. The normalized spacial score (nSPS) is 15.8. The fraction of sp³-hybridized carbons (Fsp3) is 0.500. The minimum Gasteiger partial charge on any atom is -0.477 e. The van der Waals surface area contributed by atoms with E-state index in [2.05, 4.69) is 10.2 Å². The first-order valence-corrected chi connectivity index (χ1v) is 6.82. The van der Waals surface area contributed by atoms with Gasteiger partial charge in [-0.05, 0) is 38.1 Å². The smallest absolute Gasteiger partial charge is 0.345 e. The lowest BCUT2D eigenvalue weighted by molar-refractivity contribution is -0.116. The van der Waals surface area contributed by atoms with Crippen molar-refractivity contribution in [2.45, 2.75) is 19.3 Å². The quantitative estimate of drug-likeness (QED) is 0.855. The lowest BCUT2D eigenvalue weighted by atomic mass is 10.3. The number of thiophene rings is 1. The van der Waals surface area contributed by atoms with Crippen molar-refractivity contribution in [2.24, 2.45) is 0 Å². The Hall–Kier alpha value is -1.40. The predicted molar refractivity (Wildman–Crippen MR) is 70.2 cm³/mol. The molecule has 0 spiro atoms. The minimum atomic E-state index is -0.961. The standard InChI is InChI=1S/C12H16N2O3S/c15-10(5-8-14-6-1-2-7-14)13-11-4-3-9(18-11)12(16)17/h3-4H,1-2,5-8H2,(H,13,15)(H,16,17).